The van der Waals surface area contributed by atoms with Gasteiger partial charge in [-0.2, -0.15) is 0 Å². The maximum Gasteiger partial charge on any atom is 0.323 e. The zero-order valence-corrected chi connectivity index (χ0v) is 13.7. The van der Waals surface area contributed by atoms with Crippen molar-refractivity contribution >= 4 is 45.2 Å². The molecule has 0 saturated heterocycles. The molecule has 0 radical (unpaired) electrons. The molecule has 0 bridgehead atoms. The number of nitrogens with one attached hydrogen (secondary N) is 1. The lowest BCUT2D eigenvalue weighted by molar-refractivity contribution is -0.138. The highest BCUT2D eigenvalue weighted by atomic mass is 79.9. The summed E-state index contributed by atoms with van der Waals surface area (Å²) in [5.74, 6) is -1.07. The van der Waals surface area contributed by atoms with Crippen LogP contribution < -0.4 is 5.32 Å². The molecule has 0 aromatic heterocycles. The molecule has 2 amide bonds. The lowest BCUT2D eigenvalue weighted by atomic mass is 10.1. The largest absolute Gasteiger partial charge is 0.480 e. The Kier molecular flexibility index (Phi) is 5.42. The first-order chi connectivity index (χ1) is 9.11. The standard InChI is InChI=1S/C13H16BrClN2O3/c1-13(2,3)17(7-11(18)19)12(20)16-10-6-8(14)4-5-9(10)15/h4-6H,7H2,1-3H3,(H,16,20)(H,18,19). The lowest BCUT2D eigenvalue weighted by Gasteiger charge is -2.34. The van der Waals surface area contributed by atoms with Crippen molar-refractivity contribution in [2.75, 3.05) is 11.9 Å². The predicted octanol–water partition coefficient (Wildman–Crippen LogP) is 3.82. The van der Waals surface area contributed by atoms with Gasteiger partial charge in [0.25, 0.3) is 0 Å². The van der Waals surface area contributed by atoms with E-state index in [0.29, 0.717) is 10.7 Å². The minimum absolute atomic E-state index is 0.380. The van der Waals surface area contributed by atoms with E-state index >= 15 is 0 Å². The summed E-state index contributed by atoms with van der Waals surface area (Å²) in [6, 6.07) is 4.53. The summed E-state index contributed by atoms with van der Waals surface area (Å²) < 4.78 is 0.762. The third-order valence-electron chi connectivity index (χ3n) is 2.52. The number of halogens is 2. The molecule has 0 atom stereocenters. The minimum Gasteiger partial charge on any atom is -0.480 e. The van der Waals surface area contributed by atoms with Crippen LogP contribution in [0.1, 0.15) is 20.8 Å². The number of hydrogen-bond acceptors (Lipinski definition) is 2. The molecule has 110 valence electrons. The van der Waals surface area contributed by atoms with E-state index in [1.165, 1.54) is 4.90 Å². The number of nitrogens with zero attached hydrogens (tertiary/aromatic N) is 1. The number of benzene rings is 1. The first-order valence-corrected chi connectivity index (χ1v) is 7.04. The highest BCUT2D eigenvalue weighted by Gasteiger charge is 2.28. The Balaban J connectivity index is 2.96. The van der Waals surface area contributed by atoms with E-state index < -0.39 is 17.5 Å². The van der Waals surface area contributed by atoms with Crippen molar-refractivity contribution in [1.82, 2.24) is 4.90 Å². The summed E-state index contributed by atoms with van der Waals surface area (Å²) in [6.07, 6.45) is 0. The Morgan fingerprint density at radius 1 is 1.40 bits per heavy atom. The van der Waals surface area contributed by atoms with Gasteiger partial charge in [-0.15, -0.1) is 0 Å². The van der Waals surface area contributed by atoms with Crippen LogP contribution in [0.4, 0.5) is 10.5 Å². The monoisotopic (exact) mass is 362 g/mol. The fourth-order valence-corrected chi connectivity index (χ4v) is 2.05. The van der Waals surface area contributed by atoms with Crippen molar-refractivity contribution in [3.63, 3.8) is 0 Å². The number of carbonyl (C=O) groups is 2. The highest BCUT2D eigenvalue weighted by molar-refractivity contribution is 9.10. The average Bonchev–Trinajstić information content (AvgIpc) is 2.29. The normalized spacial score (nSPS) is 11.1. The van der Waals surface area contributed by atoms with Crippen LogP contribution in [-0.2, 0) is 4.79 Å². The number of anilines is 1. The molecule has 0 saturated carbocycles. The van der Waals surface area contributed by atoms with Crippen LogP contribution >= 0.6 is 27.5 Å². The number of amides is 2. The number of hydrogen-bond donors (Lipinski definition) is 2. The fourth-order valence-electron chi connectivity index (χ4n) is 1.52. The Morgan fingerprint density at radius 3 is 2.50 bits per heavy atom. The van der Waals surface area contributed by atoms with Crippen LogP contribution in [0.25, 0.3) is 0 Å². The van der Waals surface area contributed by atoms with Gasteiger partial charge in [-0.1, -0.05) is 27.5 Å². The van der Waals surface area contributed by atoms with Gasteiger partial charge in [0.2, 0.25) is 0 Å². The Labute approximate surface area is 131 Å². The Morgan fingerprint density at radius 2 is 2.00 bits per heavy atom. The van der Waals surface area contributed by atoms with Crippen molar-refractivity contribution in [3.05, 3.63) is 27.7 Å². The molecule has 0 aliphatic heterocycles. The van der Waals surface area contributed by atoms with Gasteiger partial charge in [0.1, 0.15) is 6.54 Å². The first-order valence-electron chi connectivity index (χ1n) is 5.86. The summed E-state index contributed by atoms with van der Waals surface area (Å²) in [4.78, 5) is 24.3. The number of carbonyl (C=O) groups excluding carboxylic acids is 1. The second kappa shape index (κ2) is 6.45. The van der Waals surface area contributed by atoms with Crippen LogP contribution in [0.3, 0.4) is 0 Å². The van der Waals surface area contributed by atoms with Gasteiger partial charge in [0.15, 0.2) is 0 Å². The van der Waals surface area contributed by atoms with Crippen molar-refractivity contribution in [3.8, 4) is 0 Å². The van der Waals surface area contributed by atoms with E-state index in [-0.39, 0.29) is 6.54 Å². The second-order valence-corrected chi connectivity index (χ2v) is 6.53. The van der Waals surface area contributed by atoms with Crippen LogP contribution in [0.15, 0.2) is 22.7 Å². The second-order valence-electron chi connectivity index (χ2n) is 5.21. The van der Waals surface area contributed by atoms with Crippen LogP contribution in [0, 0.1) is 0 Å². The summed E-state index contributed by atoms with van der Waals surface area (Å²) in [5, 5.41) is 11.9. The van der Waals surface area contributed by atoms with Gasteiger partial charge in [0, 0.05) is 10.0 Å². The van der Waals surface area contributed by atoms with Gasteiger partial charge in [-0.05, 0) is 39.0 Å². The van der Waals surface area contributed by atoms with E-state index in [0.717, 1.165) is 4.47 Å². The molecular formula is C13H16BrClN2O3. The molecule has 5 nitrogen and oxygen atoms in total. The molecule has 0 spiro atoms. The summed E-state index contributed by atoms with van der Waals surface area (Å²) >= 11 is 9.28. The zero-order chi connectivity index (χ0) is 15.5. The molecule has 1 rings (SSSR count). The maximum absolute atomic E-state index is 12.2. The molecule has 2 N–H and O–H groups in total. The Hall–Kier alpha value is -1.27. The number of rotatable bonds is 3. The molecule has 1 aromatic rings. The van der Waals surface area contributed by atoms with Crippen LogP contribution in [-0.4, -0.2) is 34.1 Å². The molecule has 0 fully saturated rings. The number of carboxylic acids is 1. The molecule has 0 aliphatic carbocycles. The minimum atomic E-state index is -1.07. The van der Waals surface area contributed by atoms with E-state index in [2.05, 4.69) is 21.2 Å². The summed E-state index contributed by atoms with van der Waals surface area (Å²) in [6.45, 7) is 4.90. The van der Waals surface area contributed by atoms with Crippen LogP contribution in [0.5, 0.6) is 0 Å². The van der Waals surface area contributed by atoms with Crippen molar-refractivity contribution in [1.29, 1.82) is 0 Å². The Bertz CT molecular complexity index is 529. The van der Waals surface area contributed by atoms with Crippen LogP contribution in [0.2, 0.25) is 5.02 Å². The van der Waals surface area contributed by atoms with Crippen molar-refractivity contribution in [2.45, 2.75) is 26.3 Å². The molecule has 0 heterocycles. The third kappa shape index (κ3) is 4.68. The molecule has 0 aliphatic rings. The molecule has 0 unspecified atom stereocenters. The highest BCUT2D eigenvalue weighted by Crippen LogP contribution is 2.26. The van der Waals surface area contributed by atoms with Gasteiger partial charge >= 0.3 is 12.0 Å². The lowest BCUT2D eigenvalue weighted by Crippen LogP contribution is -2.50. The predicted molar refractivity (Wildman–Crippen MR) is 82.3 cm³/mol. The van der Waals surface area contributed by atoms with Gasteiger partial charge in [-0.25, -0.2) is 4.79 Å². The van der Waals surface area contributed by atoms with E-state index in [1.54, 1.807) is 39.0 Å². The molecule has 20 heavy (non-hydrogen) atoms. The molecule has 7 heteroatoms. The smallest absolute Gasteiger partial charge is 0.323 e. The summed E-state index contributed by atoms with van der Waals surface area (Å²) in [5.41, 5.74) is -0.202. The fraction of sp³-hybridized carbons (Fsp3) is 0.385. The molecular weight excluding hydrogens is 348 g/mol. The maximum atomic E-state index is 12.2. The number of carboxylic acid groups (broad SMARTS) is 1. The van der Waals surface area contributed by atoms with Crippen molar-refractivity contribution in [2.24, 2.45) is 0 Å². The zero-order valence-electron chi connectivity index (χ0n) is 11.4. The quantitative estimate of drug-likeness (QED) is 0.857. The van der Waals surface area contributed by atoms with E-state index in [9.17, 15) is 9.59 Å². The number of urea groups is 1. The average molecular weight is 364 g/mol. The first kappa shape index (κ1) is 16.8. The summed E-state index contributed by atoms with van der Waals surface area (Å²) in [7, 11) is 0. The van der Waals surface area contributed by atoms with E-state index in [4.69, 9.17) is 16.7 Å². The van der Waals surface area contributed by atoms with Gasteiger partial charge in [-0.3, -0.25) is 4.79 Å². The number of aliphatic carboxylic acids is 1. The SMILES string of the molecule is CC(C)(C)N(CC(=O)O)C(=O)Nc1cc(Br)ccc1Cl. The van der Waals surface area contributed by atoms with Crippen molar-refractivity contribution < 1.29 is 14.7 Å². The van der Waals surface area contributed by atoms with Gasteiger partial charge < -0.3 is 15.3 Å². The van der Waals surface area contributed by atoms with Gasteiger partial charge in [0.05, 0.1) is 10.7 Å². The van der Waals surface area contributed by atoms with E-state index in [1.807, 2.05) is 0 Å². The third-order valence-corrected chi connectivity index (χ3v) is 3.34. The topological polar surface area (TPSA) is 69.6 Å². The molecule has 1 aromatic carbocycles.